The van der Waals surface area contributed by atoms with E-state index in [1.54, 1.807) is 0 Å². The number of aliphatic hydroxyl groups excluding tert-OH is 1. The van der Waals surface area contributed by atoms with Crippen molar-refractivity contribution in [2.45, 2.75) is 58.9 Å². The molecule has 0 aromatic rings. The second kappa shape index (κ2) is 9.47. The largest absolute Gasteiger partial charge is 0.396 e. The predicted molar refractivity (Wildman–Crippen MR) is 62.6 cm³/mol. The molecule has 0 aromatic heterocycles. The van der Waals surface area contributed by atoms with Crippen LogP contribution < -0.4 is 0 Å². The molecule has 0 radical (unpaired) electrons. The molecule has 0 saturated heterocycles. The van der Waals surface area contributed by atoms with Crippen molar-refractivity contribution in [3.05, 3.63) is 0 Å². The van der Waals surface area contributed by atoms with Gasteiger partial charge in [-0.15, -0.1) is 0 Å². The summed E-state index contributed by atoms with van der Waals surface area (Å²) >= 11 is 0. The molecule has 1 unspecified atom stereocenters. The maximum Gasteiger partial charge on any atom is 0.0431 e. The highest BCUT2D eigenvalue weighted by atomic mass is 16.2. The molecule has 2 heteroatoms. The van der Waals surface area contributed by atoms with Crippen molar-refractivity contribution in [2.24, 2.45) is 0 Å². The number of hydrogen-bond donors (Lipinski definition) is 1. The molecule has 0 aliphatic rings. The zero-order valence-electron chi connectivity index (χ0n) is 10.1. The fourth-order valence-electron chi connectivity index (χ4n) is 1.73. The van der Waals surface area contributed by atoms with Crippen LogP contribution in [-0.4, -0.2) is 35.7 Å². The van der Waals surface area contributed by atoms with Crippen LogP contribution in [0.15, 0.2) is 0 Å². The maximum absolute atomic E-state index is 8.64. The van der Waals surface area contributed by atoms with E-state index in [4.69, 9.17) is 5.11 Å². The molecule has 0 bridgehead atoms. The van der Waals surface area contributed by atoms with Crippen LogP contribution >= 0.6 is 0 Å². The Morgan fingerprint density at radius 1 is 1.07 bits per heavy atom. The first kappa shape index (κ1) is 13.9. The van der Waals surface area contributed by atoms with Gasteiger partial charge in [-0.3, -0.25) is 0 Å². The molecule has 14 heavy (non-hydrogen) atoms. The molecule has 0 spiro atoms. The molecular weight excluding hydrogens is 174 g/mol. The van der Waals surface area contributed by atoms with Crippen molar-refractivity contribution in [3.63, 3.8) is 0 Å². The van der Waals surface area contributed by atoms with Gasteiger partial charge in [0.25, 0.3) is 0 Å². The summed E-state index contributed by atoms with van der Waals surface area (Å²) in [4.78, 5) is 2.54. The zero-order valence-corrected chi connectivity index (χ0v) is 10.1. The van der Waals surface area contributed by atoms with Crippen molar-refractivity contribution in [2.75, 3.05) is 19.7 Å². The highest BCUT2D eigenvalue weighted by Gasteiger charge is 2.08. The van der Waals surface area contributed by atoms with E-state index in [9.17, 15) is 0 Å². The summed E-state index contributed by atoms with van der Waals surface area (Å²) in [6.07, 6.45) is 5.92. The highest BCUT2D eigenvalue weighted by Crippen LogP contribution is 2.06. The van der Waals surface area contributed by atoms with Crippen LogP contribution in [0.1, 0.15) is 52.9 Å². The van der Waals surface area contributed by atoms with Crippen molar-refractivity contribution >= 4 is 0 Å². The van der Waals surface area contributed by atoms with Gasteiger partial charge in [0.2, 0.25) is 0 Å². The van der Waals surface area contributed by atoms with E-state index in [2.05, 4.69) is 25.7 Å². The molecule has 0 fully saturated rings. The topological polar surface area (TPSA) is 23.5 Å². The monoisotopic (exact) mass is 201 g/mol. The van der Waals surface area contributed by atoms with E-state index in [0.717, 1.165) is 19.0 Å². The third-order valence-electron chi connectivity index (χ3n) is 2.97. The van der Waals surface area contributed by atoms with E-state index in [1.165, 1.54) is 32.2 Å². The smallest absolute Gasteiger partial charge is 0.0431 e. The molecule has 1 atom stereocenters. The molecule has 0 aromatic carbocycles. The second-order valence-electron chi connectivity index (χ2n) is 4.02. The van der Waals surface area contributed by atoms with Gasteiger partial charge in [0.05, 0.1) is 0 Å². The van der Waals surface area contributed by atoms with Gasteiger partial charge >= 0.3 is 0 Å². The molecule has 0 aliphatic heterocycles. The summed E-state index contributed by atoms with van der Waals surface area (Å²) in [7, 11) is 0. The Kier molecular flexibility index (Phi) is 9.42. The van der Waals surface area contributed by atoms with E-state index in [-0.39, 0.29) is 0 Å². The fraction of sp³-hybridized carbons (Fsp3) is 1.00. The van der Waals surface area contributed by atoms with E-state index in [0.29, 0.717) is 6.61 Å². The van der Waals surface area contributed by atoms with Crippen molar-refractivity contribution in [1.29, 1.82) is 0 Å². The summed E-state index contributed by atoms with van der Waals surface area (Å²) in [5.74, 6) is 0. The Labute approximate surface area is 89.3 Å². The lowest BCUT2D eigenvalue weighted by atomic mass is 10.1. The fourth-order valence-corrected chi connectivity index (χ4v) is 1.73. The van der Waals surface area contributed by atoms with Crippen LogP contribution in [0.5, 0.6) is 0 Å². The Bertz CT molecular complexity index is 117. The van der Waals surface area contributed by atoms with E-state index in [1.807, 2.05) is 0 Å². The molecular formula is C12H27NO. The first-order chi connectivity index (χ1) is 6.76. The average Bonchev–Trinajstić information content (AvgIpc) is 2.22. The van der Waals surface area contributed by atoms with E-state index >= 15 is 0 Å². The summed E-state index contributed by atoms with van der Waals surface area (Å²) < 4.78 is 0. The Hall–Kier alpha value is -0.0800. The third kappa shape index (κ3) is 6.39. The Balaban J connectivity index is 3.42. The van der Waals surface area contributed by atoms with Crippen LogP contribution in [0.3, 0.4) is 0 Å². The zero-order chi connectivity index (χ0) is 10.8. The van der Waals surface area contributed by atoms with Crippen LogP contribution in [0.25, 0.3) is 0 Å². The SMILES string of the molecule is CCC(C)N(CC)CCCCCCO. The number of aliphatic hydroxyl groups is 1. The van der Waals surface area contributed by atoms with Gasteiger partial charge < -0.3 is 10.0 Å². The van der Waals surface area contributed by atoms with Gasteiger partial charge in [-0.05, 0) is 39.3 Å². The molecule has 2 nitrogen and oxygen atoms in total. The van der Waals surface area contributed by atoms with Crippen molar-refractivity contribution in [1.82, 2.24) is 4.90 Å². The van der Waals surface area contributed by atoms with Gasteiger partial charge in [-0.2, -0.15) is 0 Å². The quantitative estimate of drug-likeness (QED) is 0.580. The normalized spacial score (nSPS) is 13.5. The first-order valence-electron chi connectivity index (χ1n) is 6.11. The number of hydrogen-bond acceptors (Lipinski definition) is 2. The first-order valence-corrected chi connectivity index (χ1v) is 6.11. The number of rotatable bonds is 9. The Morgan fingerprint density at radius 3 is 2.21 bits per heavy atom. The van der Waals surface area contributed by atoms with Gasteiger partial charge in [0.15, 0.2) is 0 Å². The average molecular weight is 201 g/mol. The standard InChI is InChI=1S/C12H27NO/c1-4-12(3)13(5-2)10-8-6-7-9-11-14/h12,14H,4-11H2,1-3H3. The number of unbranched alkanes of at least 4 members (excludes halogenated alkanes) is 3. The highest BCUT2D eigenvalue weighted by molar-refractivity contribution is 4.63. The molecule has 0 amide bonds. The molecule has 0 saturated carbocycles. The number of nitrogens with zero attached hydrogens (tertiary/aromatic N) is 1. The molecule has 0 rings (SSSR count). The third-order valence-corrected chi connectivity index (χ3v) is 2.97. The van der Waals surface area contributed by atoms with Crippen LogP contribution in [-0.2, 0) is 0 Å². The van der Waals surface area contributed by atoms with Gasteiger partial charge in [-0.1, -0.05) is 26.7 Å². The minimum Gasteiger partial charge on any atom is -0.396 e. The maximum atomic E-state index is 8.64. The molecule has 1 N–H and O–H groups in total. The summed E-state index contributed by atoms with van der Waals surface area (Å²) in [6, 6.07) is 0.720. The van der Waals surface area contributed by atoms with Gasteiger partial charge in [0.1, 0.15) is 0 Å². The molecule has 86 valence electrons. The van der Waals surface area contributed by atoms with Crippen LogP contribution in [0.4, 0.5) is 0 Å². The summed E-state index contributed by atoms with van der Waals surface area (Å²) in [5.41, 5.74) is 0. The van der Waals surface area contributed by atoms with Crippen molar-refractivity contribution < 1.29 is 5.11 Å². The lowest BCUT2D eigenvalue weighted by Crippen LogP contribution is -2.33. The lowest BCUT2D eigenvalue weighted by Gasteiger charge is -2.26. The minimum absolute atomic E-state index is 0.350. The van der Waals surface area contributed by atoms with Crippen LogP contribution in [0, 0.1) is 0 Å². The molecule has 0 heterocycles. The Morgan fingerprint density at radius 2 is 1.71 bits per heavy atom. The summed E-state index contributed by atoms with van der Waals surface area (Å²) in [6.45, 7) is 9.52. The van der Waals surface area contributed by atoms with Crippen LogP contribution in [0.2, 0.25) is 0 Å². The van der Waals surface area contributed by atoms with Gasteiger partial charge in [-0.25, -0.2) is 0 Å². The second-order valence-corrected chi connectivity index (χ2v) is 4.02. The summed E-state index contributed by atoms with van der Waals surface area (Å²) in [5, 5.41) is 8.64. The minimum atomic E-state index is 0.350. The predicted octanol–water partition coefficient (Wildman–Crippen LogP) is 2.66. The van der Waals surface area contributed by atoms with Crippen molar-refractivity contribution in [3.8, 4) is 0 Å². The van der Waals surface area contributed by atoms with E-state index < -0.39 is 0 Å². The molecule has 0 aliphatic carbocycles. The van der Waals surface area contributed by atoms with Gasteiger partial charge in [0, 0.05) is 12.6 Å². The lowest BCUT2D eigenvalue weighted by molar-refractivity contribution is 0.208.